The summed E-state index contributed by atoms with van der Waals surface area (Å²) in [5.41, 5.74) is 0. The van der Waals surface area contributed by atoms with Crippen molar-refractivity contribution in [1.29, 1.82) is 0 Å². The van der Waals surface area contributed by atoms with Crippen molar-refractivity contribution in [3.05, 3.63) is 0 Å². The summed E-state index contributed by atoms with van der Waals surface area (Å²) in [6, 6.07) is 0.905. The third kappa shape index (κ3) is 4.87. The fourth-order valence-corrected chi connectivity index (χ4v) is 1.72. The summed E-state index contributed by atoms with van der Waals surface area (Å²) in [7, 11) is 0. The van der Waals surface area contributed by atoms with Crippen LogP contribution in [-0.4, -0.2) is 29.9 Å². The van der Waals surface area contributed by atoms with Crippen LogP contribution in [0.3, 0.4) is 0 Å². The Kier molecular flexibility index (Phi) is 5.12. The Labute approximate surface area is 87.4 Å². The van der Waals surface area contributed by atoms with Crippen LogP contribution in [0.5, 0.6) is 0 Å². The molecule has 0 aromatic heterocycles. The fraction of sp³-hybridized carbons (Fsp3) is 1.00. The largest absolute Gasteiger partial charge is 0.300 e. The Morgan fingerprint density at radius 2 is 2.00 bits per heavy atom. The maximum Gasteiger partial charge on any atom is 0.0235 e. The van der Waals surface area contributed by atoms with Crippen LogP contribution in [0.25, 0.3) is 0 Å². The molecule has 1 rings (SSSR count). The van der Waals surface area contributed by atoms with Gasteiger partial charge in [0.05, 0.1) is 0 Å². The van der Waals surface area contributed by atoms with Crippen molar-refractivity contribution in [3.8, 4) is 0 Å². The quantitative estimate of drug-likeness (QED) is 0.575. The Bertz CT molecular complexity index is 132. The lowest BCUT2D eigenvalue weighted by molar-refractivity contribution is 0.249. The molecule has 0 aromatic carbocycles. The predicted octanol–water partition coefficient (Wildman–Crippen LogP) is 3.13. The first kappa shape index (κ1) is 11.3. The summed E-state index contributed by atoms with van der Waals surface area (Å²) in [5.74, 6) is 1.64. The standard InChI is InChI=1S/C11H22ClN/c1-10(2)6-9-13(8-3-7-12)11-4-5-11/h10-11H,3-9H2,1-2H3. The molecule has 0 aromatic rings. The molecule has 0 heterocycles. The molecule has 0 amide bonds. The van der Waals surface area contributed by atoms with Gasteiger partial charge in [0, 0.05) is 11.9 Å². The van der Waals surface area contributed by atoms with Crippen molar-refractivity contribution in [1.82, 2.24) is 4.90 Å². The van der Waals surface area contributed by atoms with Gasteiger partial charge in [0.15, 0.2) is 0 Å². The summed E-state index contributed by atoms with van der Waals surface area (Å²) >= 11 is 5.71. The number of hydrogen-bond acceptors (Lipinski definition) is 1. The summed E-state index contributed by atoms with van der Waals surface area (Å²) in [5, 5.41) is 0. The molecule has 0 atom stereocenters. The molecule has 0 unspecified atom stereocenters. The molecule has 1 saturated carbocycles. The first-order valence-electron chi connectivity index (χ1n) is 5.54. The second kappa shape index (κ2) is 5.87. The van der Waals surface area contributed by atoms with Gasteiger partial charge >= 0.3 is 0 Å². The third-order valence-electron chi connectivity index (χ3n) is 2.64. The third-order valence-corrected chi connectivity index (χ3v) is 2.90. The van der Waals surface area contributed by atoms with Crippen molar-refractivity contribution in [3.63, 3.8) is 0 Å². The van der Waals surface area contributed by atoms with E-state index in [-0.39, 0.29) is 0 Å². The molecule has 78 valence electrons. The summed E-state index contributed by atoms with van der Waals surface area (Å²) in [4.78, 5) is 2.63. The van der Waals surface area contributed by atoms with Gasteiger partial charge in [-0.1, -0.05) is 13.8 Å². The molecule has 0 saturated heterocycles. The topological polar surface area (TPSA) is 3.24 Å². The zero-order valence-corrected chi connectivity index (χ0v) is 9.69. The van der Waals surface area contributed by atoms with Gasteiger partial charge in [-0.25, -0.2) is 0 Å². The molecule has 1 aliphatic carbocycles. The van der Waals surface area contributed by atoms with Crippen LogP contribution in [-0.2, 0) is 0 Å². The fourth-order valence-electron chi connectivity index (χ4n) is 1.60. The average molecular weight is 204 g/mol. The molecule has 0 bridgehead atoms. The van der Waals surface area contributed by atoms with E-state index < -0.39 is 0 Å². The van der Waals surface area contributed by atoms with Crippen LogP contribution in [0.1, 0.15) is 39.5 Å². The second-order valence-corrected chi connectivity index (χ2v) is 4.87. The van der Waals surface area contributed by atoms with Crippen molar-refractivity contribution in [2.45, 2.75) is 45.6 Å². The van der Waals surface area contributed by atoms with E-state index in [2.05, 4.69) is 18.7 Å². The van der Waals surface area contributed by atoms with Crippen LogP contribution in [0.4, 0.5) is 0 Å². The van der Waals surface area contributed by atoms with Crippen LogP contribution < -0.4 is 0 Å². The first-order chi connectivity index (χ1) is 6.24. The molecule has 0 aliphatic heterocycles. The Balaban J connectivity index is 2.13. The van der Waals surface area contributed by atoms with E-state index in [0.29, 0.717) is 0 Å². The van der Waals surface area contributed by atoms with Crippen molar-refractivity contribution >= 4 is 11.6 Å². The van der Waals surface area contributed by atoms with E-state index in [1.807, 2.05) is 0 Å². The van der Waals surface area contributed by atoms with Gasteiger partial charge in [-0.3, -0.25) is 0 Å². The highest BCUT2D eigenvalue weighted by molar-refractivity contribution is 6.17. The van der Waals surface area contributed by atoms with E-state index in [0.717, 1.165) is 24.3 Å². The Hall–Kier alpha value is 0.250. The maximum atomic E-state index is 5.71. The maximum absolute atomic E-state index is 5.71. The van der Waals surface area contributed by atoms with Crippen molar-refractivity contribution in [2.75, 3.05) is 19.0 Å². The second-order valence-electron chi connectivity index (χ2n) is 4.49. The van der Waals surface area contributed by atoms with Crippen LogP contribution in [0.2, 0.25) is 0 Å². The van der Waals surface area contributed by atoms with Gasteiger partial charge < -0.3 is 4.90 Å². The number of hydrogen-bond donors (Lipinski definition) is 0. The highest BCUT2D eigenvalue weighted by Gasteiger charge is 2.27. The summed E-state index contributed by atoms with van der Waals surface area (Å²) in [6.45, 7) is 7.08. The molecule has 1 nitrogen and oxygen atoms in total. The lowest BCUT2D eigenvalue weighted by Crippen LogP contribution is -2.29. The Morgan fingerprint density at radius 3 is 2.46 bits per heavy atom. The first-order valence-corrected chi connectivity index (χ1v) is 6.07. The van der Waals surface area contributed by atoms with E-state index in [1.54, 1.807) is 0 Å². The smallest absolute Gasteiger partial charge is 0.0235 e. The number of halogens is 1. The minimum absolute atomic E-state index is 0.810. The van der Waals surface area contributed by atoms with E-state index >= 15 is 0 Å². The van der Waals surface area contributed by atoms with E-state index in [4.69, 9.17) is 11.6 Å². The molecule has 13 heavy (non-hydrogen) atoms. The average Bonchev–Trinajstić information content (AvgIpc) is 2.87. The van der Waals surface area contributed by atoms with Crippen LogP contribution in [0, 0.1) is 5.92 Å². The molecule has 1 aliphatic rings. The lowest BCUT2D eigenvalue weighted by Gasteiger charge is -2.22. The van der Waals surface area contributed by atoms with Gasteiger partial charge in [-0.2, -0.15) is 0 Å². The van der Waals surface area contributed by atoms with Gasteiger partial charge in [-0.05, 0) is 44.7 Å². The number of rotatable bonds is 7. The zero-order valence-electron chi connectivity index (χ0n) is 8.93. The molecular formula is C11H22ClN. The van der Waals surface area contributed by atoms with Crippen molar-refractivity contribution in [2.24, 2.45) is 5.92 Å². The van der Waals surface area contributed by atoms with Crippen LogP contribution in [0.15, 0.2) is 0 Å². The minimum Gasteiger partial charge on any atom is -0.300 e. The number of alkyl halides is 1. The molecule has 1 fully saturated rings. The Morgan fingerprint density at radius 1 is 1.31 bits per heavy atom. The predicted molar refractivity (Wildman–Crippen MR) is 59.4 cm³/mol. The highest BCUT2D eigenvalue weighted by Crippen LogP contribution is 2.27. The molecule has 0 N–H and O–H groups in total. The molecule has 0 radical (unpaired) electrons. The van der Waals surface area contributed by atoms with Gasteiger partial charge in [0.25, 0.3) is 0 Å². The summed E-state index contributed by atoms with van der Waals surface area (Å²) in [6.07, 6.45) is 5.32. The van der Waals surface area contributed by atoms with Gasteiger partial charge in [-0.15, -0.1) is 11.6 Å². The van der Waals surface area contributed by atoms with Gasteiger partial charge in [0.2, 0.25) is 0 Å². The molecular weight excluding hydrogens is 182 g/mol. The van der Waals surface area contributed by atoms with Crippen LogP contribution >= 0.6 is 11.6 Å². The monoisotopic (exact) mass is 203 g/mol. The van der Waals surface area contributed by atoms with Crippen molar-refractivity contribution < 1.29 is 0 Å². The van der Waals surface area contributed by atoms with Gasteiger partial charge in [0.1, 0.15) is 0 Å². The minimum atomic E-state index is 0.810. The normalized spacial score (nSPS) is 17.3. The lowest BCUT2D eigenvalue weighted by atomic mass is 10.1. The summed E-state index contributed by atoms with van der Waals surface area (Å²) < 4.78 is 0. The van der Waals surface area contributed by atoms with E-state index in [9.17, 15) is 0 Å². The molecule has 2 heteroatoms. The SMILES string of the molecule is CC(C)CCN(CCCCl)C1CC1. The molecule has 0 spiro atoms. The number of nitrogens with zero attached hydrogens (tertiary/aromatic N) is 1. The zero-order chi connectivity index (χ0) is 9.68. The van der Waals surface area contributed by atoms with E-state index in [1.165, 1.54) is 32.4 Å². The highest BCUT2D eigenvalue weighted by atomic mass is 35.5.